The monoisotopic (exact) mass is 137 g/mol. The highest BCUT2D eigenvalue weighted by atomic mass is 35.5. The van der Waals surface area contributed by atoms with Crippen molar-refractivity contribution in [1.29, 1.82) is 0 Å². The molecule has 1 heterocycles. The van der Waals surface area contributed by atoms with E-state index in [4.69, 9.17) is 16.3 Å². The SMILES string of the molecule is CCCC1OC1Cl.N. The molecule has 0 saturated carbocycles. The average molecular weight is 138 g/mol. The summed E-state index contributed by atoms with van der Waals surface area (Å²) < 4.78 is 4.92. The number of epoxide rings is 1. The Morgan fingerprint density at radius 1 is 1.62 bits per heavy atom. The van der Waals surface area contributed by atoms with Crippen molar-refractivity contribution in [2.75, 3.05) is 0 Å². The summed E-state index contributed by atoms with van der Waals surface area (Å²) in [6.07, 6.45) is 2.67. The summed E-state index contributed by atoms with van der Waals surface area (Å²) in [6.45, 7) is 2.13. The van der Waals surface area contributed by atoms with Gasteiger partial charge in [-0.05, 0) is 6.42 Å². The van der Waals surface area contributed by atoms with Crippen molar-refractivity contribution in [3.63, 3.8) is 0 Å². The molecule has 0 spiro atoms. The van der Waals surface area contributed by atoms with E-state index in [2.05, 4.69) is 6.92 Å². The summed E-state index contributed by atoms with van der Waals surface area (Å²) >= 11 is 5.51. The molecule has 1 aliphatic rings. The Morgan fingerprint density at radius 3 is 2.25 bits per heavy atom. The molecule has 1 rings (SSSR count). The van der Waals surface area contributed by atoms with Gasteiger partial charge in [-0.2, -0.15) is 0 Å². The molecule has 2 nitrogen and oxygen atoms in total. The topological polar surface area (TPSA) is 47.5 Å². The maximum absolute atomic E-state index is 5.51. The Balaban J connectivity index is 0.000000490. The molecule has 0 bridgehead atoms. The van der Waals surface area contributed by atoms with Crippen LogP contribution in [-0.4, -0.2) is 11.7 Å². The molecule has 0 aromatic rings. The number of alkyl halides is 1. The van der Waals surface area contributed by atoms with Gasteiger partial charge in [0.05, 0.1) is 6.10 Å². The minimum Gasteiger partial charge on any atom is -0.352 e. The lowest BCUT2D eigenvalue weighted by Gasteiger charge is -1.80. The lowest BCUT2D eigenvalue weighted by Crippen LogP contribution is -1.83. The van der Waals surface area contributed by atoms with Gasteiger partial charge in [0.1, 0.15) is 0 Å². The highest BCUT2D eigenvalue weighted by Crippen LogP contribution is 2.29. The van der Waals surface area contributed by atoms with Crippen molar-refractivity contribution in [2.45, 2.75) is 31.4 Å². The molecule has 0 amide bonds. The van der Waals surface area contributed by atoms with Crippen LogP contribution in [0.3, 0.4) is 0 Å². The maximum Gasteiger partial charge on any atom is 0.157 e. The zero-order valence-corrected chi connectivity index (χ0v) is 5.82. The fourth-order valence-electron chi connectivity index (χ4n) is 0.605. The zero-order chi connectivity index (χ0) is 5.28. The highest BCUT2D eigenvalue weighted by Gasteiger charge is 2.35. The standard InChI is InChI=1S/C5H9ClO.H3N/c1-2-3-4-5(6)7-4;/h4-5H,2-3H2,1H3;1H3. The molecule has 1 aliphatic heterocycles. The summed E-state index contributed by atoms with van der Waals surface area (Å²) in [6, 6.07) is 0. The van der Waals surface area contributed by atoms with Crippen molar-refractivity contribution in [1.82, 2.24) is 6.15 Å². The molecule has 2 unspecified atom stereocenters. The van der Waals surface area contributed by atoms with E-state index in [1.54, 1.807) is 0 Å². The van der Waals surface area contributed by atoms with Crippen LogP contribution in [0.4, 0.5) is 0 Å². The van der Waals surface area contributed by atoms with E-state index in [1.165, 1.54) is 6.42 Å². The molecular weight excluding hydrogens is 126 g/mol. The van der Waals surface area contributed by atoms with Gasteiger partial charge in [0.25, 0.3) is 0 Å². The Morgan fingerprint density at radius 2 is 2.12 bits per heavy atom. The van der Waals surface area contributed by atoms with Gasteiger partial charge in [-0.15, -0.1) is 0 Å². The smallest absolute Gasteiger partial charge is 0.157 e. The summed E-state index contributed by atoms with van der Waals surface area (Å²) in [5.74, 6) is 0. The number of ether oxygens (including phenoxy) is 1. The average Bonchev–Trinajstić information content (AvgIpc) is 2.22. The number of halogens is 1. The summed E-state index contributed by atoms with van der Waals surface area (Å²) in [4.78, 5) is 0. The van der Waals surface area contributed by atoms with Gasteiger partial charge in [0.15, 0.2) is 5.56 Å². The van der Waals surface area contributed by atoms with Crippen LogP contribution in [0.1, 0.15) is 19.8 Å². The molecule has 1 fully saturated rings. The summed E-state index contributed by atoms with van der Waals surface area (Å²) in [7, 11) is 0. The molecule has 0 aliphatic carbocycles. The van der Waals surface area contributed by atoms with Crippen LogP contribution >= 0.6 is 11.6 Å². The van der Waals surface area contributed by atoms with Crippen molar-refractivity contribution in [3.05, 3.63) is 0 Å². The minimum atomic E-state index is 0. The van der Waals surface area contributed by atoms with Gasteiger partial charge >= 0.3 is 0 Å². The molecule has 8 heavy (non-hydrogen) atoms. The van der Waals surface area contributed by atoms with Crippen LogP contribution in [0.2, 0.25) is 0 Å². The van der Waals surface area contributed by atoms with Gasteiger partial charge < -0.3 is 10.9 Å². The van der Waals surface area contributed by atoms with Crippen LogP contribution < -0.4 is 6.15 Å². The number of hydrogen-bond acceptors (Lipinski definition) is 2. The minimum absolute atomic E-state index is 0. The molecule has 3 N–H and O–H groups in total. The molecule has 50 valence electrons. The van der Waals surface area contributed by atoms with Gasteiger partial charge in [0.2, 0.25) is 0 Å². The third kappa shape index (κ3) is 1.99. The molecular formula is C5H12ClNO. The second kappa shape index (κ2) is 3.28. The van der Waals surface area contributed by atoms with E-state index >= 15 is 0 Å². The third-order valence-corrected chi connectivity index (χ3v) is 1.48. The molecule has 1 saturated heterocycles. The second-order valence-corrected chi connectivity index (χ2v) is 2.24. The predicted molar refractivity (Wildman–Crippen MR) is 34.4 cm³/mol. The van der Waals surface area contributed by atoms with Crippen LogP contribution in [0.5, 0.6) is 0 Å². The lowest BCUT2D eigenvalue weighted by molar-refractivity contribution is 0.386. The molecule has 0 aromatic heterocycles. The van der Waals surface area contributed by atoms with E-state index in [0.717, 1.165) is 6.42 Å². The molecule has 0 aromatic carbocycles. The quantitative estimate of drug-likeness (QED) is 0.467. The van der Waals surface area contributed by atoms with E-state index in [0.29, 0.717) is 6.10 Å². The van der Waals surface area contributed by atoms with Crippen molar-refractivity contribution in [2.24, 2.45) is 0 Å². The number of rotatable bonds is 2. The van der Waals surface area contributed by atoms with Crippen molar-refractivity contribution in [3.8, 4) is 0 Å². The maximum atomic E-state index is 5.51. The first-order valence-electron chi connectivity index (χ1n) is 2.64. The molecule has 2 atom stereocenters. The lowest BCUT2D eigenvalue weighted by atomic mass is 10.3. The van der Waals surface area contributed by atoms with E-state index in [1.807, 2.05) is 0 Å². The summed E-state index contributed by atoms with van der Waals surface area (Å²) in [5.41, 5.74) is 0.0416. The van der Waals surface area contributed by atoms with Crippen molar-refractivity contribution >= 4 is 11.6 Å². The molecule has 0 radical (unpaired) electrons. The highest BCUT2D eigenvalue weighted by molar-refractivity contribution is 6.21. The predicted octanol–water partition coefficient (Wildman–Crippen LogP) is 1.91. The second-order valence-electron chi connectivity index (χ2n) is 1.81. The first-order chi connectivity index (χ1) is 3.34. The normalized spacial score (nSPS) is 33.8. The van der Waals surface area contributed by atoms with Crippen molar-refractivity contribution < 1.29 is 4.74 Å². The fraction of sp³-hybridized carbons (Fsp3) is 1.00. The van der Waals surface area contributed by atoms with Crippen LogP contribution in [-0.2, 0) is 4.74 Å². The van der Waals surface area contributed by atoms with Gasteiger partial charge in [-0.3, -0.25) is 0 Å². The third-order valence-electron chi connectivity index (χ3n) is 1.09. The first kappa shape index (κ1) is 8.21. The number of hydrogen-bond donors (Lipinski definition) is 1. The Bertz CT molecular complexity index is 69.4. The van der Waals surface area contributed by atoms with E-state index in [9.17, 15) is 0 Å². The van der Waals surface area contributed by atoms with Gasteiger partial charge in [0, 0.05) is 0 Å². The molecule has 3 heteroatoms. The van der Waals surface area contributed by atoms with E-state index in [-0.39, 0.29) is 11.7 Å². The van der Waals surface area contributed by atoms with Crippen LogP contribution in [0.15, 0.2) is 0 Å². The van der Waals surface area contributed by atoms with E-state index < -0.39 is 0 Å². The Labute approximate surface area is 54.7 Å². The van der Waals surface area contributed by atoms with Crippen LogP contribution in [0.25, 0.3) is 0 Å². The van der Waals surface area contributed by atoms with Gasteiger partial charge in [-0.1, -0.05) is 24.9 Å². The Kier molecular flexibility index (Phi) is 3.36. The van der Waals surface area contributed by atoms with Crippen LogP contribution in [0, 0.1) is 0 Å². The zero-order valence-electron chi connectivity index (χ0n) is 5.06. The Hall–Kier alpha value is 0.210. The fourth-order valence-corrected chi connectivity index (χ4v) is 0.863. The van der Waals surface area contributed by atoms with Gasteiger partial charge in [-0.25, -0.2) is 0 Å². The summed E-state index contributed by atoms with van der Waals surface area (Å²) in [5, 5.41) is 0. The largest absolute Gasteiger partial charge is 0.352 e. The first-order valence-corrected chi connectivity index (χ1v) is 3.07.